The Morgan fingerprint density at radius 2 is 1.81 bits per heavy atom. The van der Waals surface area contributed by atoms with Gasteiger partial charge in [0.15, 0.2) is 5.65 Å². The van der Waals surface area contributed by atoms with Crippen LogP contribution in [-0.2, 0) is 13.1 Å². The molecule has 0 aliphatic carbocycles. The van der Waals surface area contributed by atoms with Crippen molar-refractivity contribution in [1.29, 1.82) is 0 Å². The molecule has 1 N–H and O–H groups in total. The zero-order valence-electron chi connectivity index (χ0n) is 18.4. The van der Waals surface area contributed by atoms with Gasteiger partial charge in [-0.1, -0.05) is 38.1 Å². The molecule has 7 heteroatoms. The summed E-state index contributed by atoms with van der Waals surface area (Å²) >= 11 is 0. The van der Waals surface area contributed by atoms with Crippen molar-refractivity contribution in [2.45, 2.75) is 52.7 Å². The number of nitrogens with zero attached hydrogens (tertiary/aromatic N) is 5. The molecule has 3 aromatic heterocycles. The molecule has 7 nitrogen and oxygen atoms in total. The molecule has 0 unspecified atom stereocenters. The fourth-order valence-corrected chi connectivity index (χ4v) is 3.52. The van der Waals surface area contributed by atoms with Crippen LogP contribution in [0.3, 0.4) is 0 Å². The van der Waals surface area contributed by atoms with Gasteiger partial charge in [0.25, 0.3) is 5.91 Å². The third-order valence-corrected chi connectivity index (χ3v) is 5.29. The second-order valence-electron chi connectivity index (χ2n) is 8.37. The summed E-state index contributed by atoms with van der Waals surface area (Å²) in [4.78, 5) is 17.8. The van der Waals surface area contributed by atoms with E-state index in [9.17, 15) is 4.79 Å². The van der Waals surface area contributed by atoms with Gasteiger partial charge in [-0.15, -0.1) is 0 Å². The molecule has 1 amide bonds. The van der Waals surface area contributed by atoms with E-state index < -0.39 is 0 Å². The van der Waals surface area contributed by atoms with E-state index >= 15 is 0 Å². The van der Waals surface area contributed by atoms with Crippen LogP contribution >= 0.6 is 0 Å². The average Bonchev–Trinajstić information content (AvgIpc) is 3.41. The highest BCUT2D eigenvalue weighted by Gasteiger charge is 2.18. The van der Waals surface area contributed by atoms with Crippen LogP contribution in [0.2, 0.25) is 0 Å². The first-order valence-electron chi connectivity index (χ1n) is 10.6. The summed E-state index contributed by atoms with van der Waals surface area (Å²) < 4.78 is 3.76. The second kappa shape index (κ2) is 8.71. The summed E-state index contributed by atoms with van der Waals surface area (Å²) in [7, 11) is 0. The fourth-order valence-electron chi connectivity index (χ4n) is 3.52. The molecule has 0 fully saturated rings. The zero-order valence-corrected chi connectivity index (χ0v) is 18.4. The van der Waals surface area contributed by atoms with E-state index in [1.807, 2.05) is 39.8 Å². The normalized spacial score (nSPS) is 11.5. The largest absolute Gasteiger partial charge is 0.348 e. The van der Waals surface area contributed by atoms with E-state index in [0.29, 0.717) is 12.1 Å². The molecule has 0 aliphatic rings. The number of hydrogen-bond donors (Lipinski definition) is 1. The topological polar surface area (TPSA) is 77.6 Å². The van der Waals surface area contributed by atoms with E-state index in [2.05, 4.69) is 55.3 Å². The maximum atomic E-state index is 13.1. The Kier molecular flexibility index (Phi) is 5.84. The Morgan fingerprint density at radius 1 is 1.06 bits per heavy atom. The van der Waals surface area contributed by atoms with Crippen molar-refractivity contribution in [2.24, 2.45) is 0 Å². The Balaban J connectivity index is 1.51. The lowest BCUT2D eigenvalue weighted by Crippen LogP contribution is -2.23. The van der Waals surface area contributed by atoms with E-state index in [-0.39, 0.29) is 17.9 Å². The van der Waals surface area contributed by atoms with Crippen molar-refractivity contribution >= 4 is 16.9 Å². The molecule has 160 valence electrons. The minimum Gasteiger partial charge on any atom is -0.348 e. The van der Waals surface area contributed by atoms with Crippen molar-refractivity contribution in [3.05, 3.63) is 77.4 Å². The number of fused-ring (bicyclic) bond motifs is 1. The van der Waals surface area contributed by atoms with Crippen LogP contribution in [0.5, 0.6) is 0 Å². The first-order chi connectivity index (χ1) is 14.9. The van der Waals surface area contributed by atoms with Gasteiger partial charge in [0.1, 0.15) is 0 Å². The molecule has 0 spiro atoms. The molecule has 31 heavy (non-hydrogen) atoms. The highest BCUT2D eigenvalue weighted by molar-refractivity contribution is 6.05. The maximum Gasteiger partial charge on any atom is 0.252 e. The van der Waals surface area contributed by atoms with Crippen molar-refractivity contribution in [3.63, 3.8) is 0 Å². The number of aromatic nitrogens is 5. The van der Waals surface area contributed by atoms with Crippen LogP contribution in [0.25, 0.3) is 11.0 Å². The highest BCUT2D eigenvalue weighted by Crippen LogP contribution is 2.24. The number of pyridine rings is 1. The van der Waals surface area contributed by atoms with Crippen LogP contribution in [0.15, 0.2) is 55.0 Å². The molecule has 0 saturated carbocycles. The van der Waals surface area contributed by atoms with Crippen LogP contribution in [0.1, 0.15) is 66.8 Å². The molecule has 1 aromatic carbocycles. The van der Waals surface area contributed by atoms with Crippen molar-refractivity contribution < 1.29 is 4.79 Å². The van der Waals surface area contributed by atoms with E-state index in [0.717, 1.165) is 34.4 Å². The summed E-state index contributed by atoms with van der Waals surface area (Å²) in [5, 5.41) is 12.5. The molecule has 0 atom stereocenters. The molecular weight excluding hydrogens is 388 g/mol. The van der Waals surface area contributed by atoms with E-state index in [1.165, 1.54) is 0 Å². The standard InChI is InChI=1S/C24H28N6O/c1-16(2)22-12-20(21-14-27-30(17(3)4)23(21)28-22)24(31)25-13-18-6-8-19(9-7-18)15-29-11-5-10-26-29/h5-12,14,16-17H,13,15H2,1-4H3,(H,25,31). The van der Waals surface area contributed by atoms with Crippen LogP contribution in [-0.4, -0.2) is 30.5 Å². The fraction of sp³-hybridized carbons (Fsp3) is 0.333. The molecular formula is C24H28N6O. The molecule has 4 rings (SSSR count). The van der Waals surface area contributed by atoms with Crippen LogP contribution < -0.4 is 5.32 Å². The number of carbonyl (C=O) groups is 1. The molecule has 0 radical (unpaired) electrons. The third-order valence-electron chi connectivity index (χ3n) is 5.29. The number of amides is 1. The van der Waals surface area contributed by atoms with Gasteiger partial charge in [0.2, 0.25) is 0 Å². The monoisotopic (exact) mass is 416 g/mol. The van der Waals surface area contributed by atoms with Crippen LogP contribution in [0, 0.1) is 0 Å². The Hall–Kier alpha value is -3.48. The van der Waals surface area contributed by atoms with Gasteiger partial charge in [-0.05, 0) is 43.0 Å². The lowest BCUT2D eigenvalue weighted by molar-refractivity contribution is 0.0952. The van der Waals surface area contributed by atoms with Gasteiger partial charge in [-0.2, -0.15) is 10.2 Å². The van der Waals surface area contributed by atoms with Gasteiger partial charge < -0.3 is 5.32 Å². The average molecular weight is 417 g/mol. The SMILES string of the molecule is CC(C)c1cc(C(=O)NCc2ccc(Cn3cccn3)cc2)c2cnn(C(C)C)c2n1. The number of hydrogen-bond acceptors (Lipinski definition) is 4. The molecule has 0 bridgehead atoms. The van der Waals surface area contributed by atoms with Gasteiger partial charge in [0.05, 0.1) is 23.7 Å². The second-order valence-corrected chi connectivity index (χ2v) is 8.37. The van der Waals surface area contributed by atoms with Crippen molar-refractivity contribution in [3.8, 4) is 0 Å². The van der Waals surface area contributed by atoms with Crippen LogP contribution in [0.4, 0.5) is 0 Å². The predicted molar refractivity (Wildman–Crippen MR) is 121 cm³/mol. The minimum absolute atomic E-state index is 0.113. The maximum absolute atomic E-state index is 13.1. The lowest BCUT2D eigenvalue weighted by Gasteiger charge is -2.12. The third kappa shape index (κ3) is 4.50. The Morgan fingerprint density at radius 3 is 2.45 bits per heavy atom. The zero-order chi connectivity index (χ0) is 22.0. The molecule has 0 saturated heterocycles. The summed E-state index contributed by atoms with van der Waals surface area (Å²) in [6.45, 7) is 9.47. The van der Waals surface area contributed by atoms with Gasteiger partial charge >= 0.3 is 0 Å². The quantitative estimate of drug-likeness (QED) is 0.487. The number of benzene rings is 1. The Bertz CT molecular complexity index is 1170. The first-order valence-corrected chi connectivity index (χ1v) is 10.6. The summed E-state index contributed by atoms with van der Waals surface area (Å²) in [5.41, 5.74) is 4.48. The molecule has 0 aliphatic heterocycles. The molecule has 3 heterocycles. The lowest BCUT2D eigenvalue weighted by atomic mass is 10.0. The predicted octanol–water partition coefficient (Wildman–Crippen LogP) is 4.31. The smallest absolute Gasteiger partial charge is 0.252 e. The van der Waals surface area contributed by atoms with Crippen molar-refractivity contribution in [2.75, 3.05) is 0 Å². The number of nitrogens with one attached hydrogen (secondary N) is 1. The van der Waals surface area contributed by atoms with Crippen molar-refractivity contribution in [1.82, 2.24) is 29.9 Å². The summed E-state index contributed by atoms with van der Waals surface area (Å²) in [5.74, 6) is 0.104. The van der Waals surface area contributed by atoms with Gasteiger partial charge in [-0.3, -0.25) is 9.48 Å². The van der Waals surface area contributed by atoms with E-state index in [4.69, 9.17) is 4.98 Å². The number of rotatable bonds is 7. The highest BCUT2D eigenvalue weighted by atomic mass is 16.1. The van der Waals surface area contributed by atoms with E-state index in [1.54, 1.807) is 12.4 Å². The summed E-state index contributed by atoms with van der Waals surface area (Å²) in [6, 6.07) is 12.2. The van der Waals surface area contributed by atoms with Gasteiger partial charge in [-0.25, -0.2) is 9.67 Å². The van der Waals surface area contributed by atoms with Gasteiger partial charge in [0, 0.05) is 30.7 Å². The number of carbonyl (C=O) groups excluding carboxylic acids is 1. The Labute approximate surface area is 182 Å². The minimum atomic E-state index is -0.113. The summed E-state index contributed by atoms with van der Waals surface area (Å²) in [6.07, 6.45) is 5.46. The molecule has 4 aromatic rings. The first kappa shape index (κ1) is 20.8.